The summed E-state index contributed by atoms with van der Waals surface area (Å²) in [7, 11) is 0. The Kier molecular flexibility index (Phi) is 4.39. The van der Waals surface area contributed by atoms with Crippen molar-refractivity contribution in [1.82, 2.24) is 24.8 Å². The molecule has 2 aromatic heterocycles. The predicted octanol–water partition coefficient (Wildman–Crippen LogP) is 0.582. The van der Waals surface area contributed by atoms with Gasteiger partial charge in [0.05, 0.1) is 29.9 Å². The summed E-state index contributed by atoms with van der Waals surface area (Å²) in [5, 5.41) is 14.3. The number of carbonyl (C=O) groups excluding carboxylic acids is 2. The van der Waals surface area contributed by atoms with Crippen molar-refractivity contribution in [2.24, 2.45) is 0 Å². The van der Waals surface area contributed by atoms with Gasteiger partial charge >= 0.3 is 6.09 Å². The van der Waals surface area contributed by atoms with E-state index in [1.54, 1.807) is 20.8 Å². The highest BCUT2D eigenvalue weighted by molar-refractivity contribution is 5.83. The van der Waals surface area contributed by atoms with E-state index < -0.39 is 6.09 Å². The molecule has 1 amide bonds. The van der Waals surface area contributed by atoms with E-state index >= 15 is 0 Å². The lowest BCUT2D eigenvalue weighted by Gasteiger charge is -2.03. The number of amides is 1. The highest BCUT2D eigenvalue weighted by Crippen LogP contribution is 2.14. The monoisotopic (exact) mass is 307 g/mol. The zero-order chi connectivity index (χ0) is 16.3. The molecule has 22 heavy (non-hydrogen) atoms. The highest BCUT2D eigenvalue weighted by Gasteiger charge is 2.16. The van der Waals surface area contributed by atoms with Crippen LogP contribution in [0.2, 0.25) is 0 Å². The molecule has 0 aliphatic rings. The van der Waals surface area contributed by atoms with Gasteiger partial charge in [0.1, 0.15) is 6.54 Å². The van der Waals surface area contributed by atoms with Crippen LogP contribution in [0.3, 0.4) is 0 Å². The van der Waals surface area contributed by atoms with Gasteiger partial charge in [0.2, 0.25) is 0 Å². The molecule has 10 heteroatoms. The van der Waals surface area contributed by atoms with Gasteiger partial charge in [-0.15, -0.1) is 5.10 Å². The number of nitrogens with two attached hydrogens (primary N) is 1. The standard InChI is InChI=1S/C12H17N7O3/c1-4-22-12(21)15-9-5-14-18(17-9)6-10(20)19-8(3)11(13)7(2)16-19/h5H,4,6,13H2,1-3H3,(H,15,17,21). The largest absolute Gasteiger partial charge is 0.450 e. The number of nitrogens with one attached hydrogen (secondary N) is 1. The molecular weight excluding hydrogens is 290 g/mol. The molecule has 0 radical (unpaired) electrons. The molecule has 0 saturated heterocycles. The lowest BCUT2D eigenvalue weighted by atomic mass is 10.3. The summed E-state index contributed by atoms with van der Waals surface area (Å²) in [6.45, 7) is 5.23. The van der Waals surface area contributed by atoms with Crippen LogP contribution < -0.4 is 11.1 Å². The fraction of sp³-hybridized carbons (Fsp3) is 0.417. The number of aryl methyl sites for hydroxylation is 1. The Morgan fingerprint density at radius 3 is 2.68 bits per heavy atom. The van der Waals surface area contributed by atoms with Crippen LogP contribution in [0.1, 0.15) is 23.1 Å². The second-order valence-electron chi connectivity index (χ2n) is 4.50. The Labute approximate surface area is 126 Å². The Morgan fingerprint density at radius 1 is 1.36 bits per heavy atom. The van der Waals surface area contributed by atoms with E-state index in [1.165, 1.54) is 10.9 Å². The summed E-state index contributed by atoms with van der Waals surface area (Å²) in [6.07, 6.45) is 0.687. The normalized spacial score (nSPS) is 10.5. The maximum absolute atomic E-state index is 12.2. The summed E-state index contributed by atoms with van der Waals surface area (Å²) >= 11 is 0. The molecule has 2 aromatic rings. The van der Waals surface area contributed by atoms with Crippen molar-refractivity contribution in [2.45, 2.75) is 27.3 Å². The van der Waals surface area contributed by atoms with Gasteiger partial charge in [-0.05, 0) is 20.8 Å². The first kappa shape index (κ1) is 15.5. The van der Waals surface area contributed by atoms with Crippen molar-refractivity contribution in [3.05, 3.63) is 17.6 Å². The molecular formula is C12H17N7O3. The third kappa shape index (κ3) is 3.22. The molecule has 0 saturated carbocycles. The van der Waals surface area contributed by atoms with Gasteiger partial charge < -0.3 is 10.5 Å². The van der Waals surface area contributed by atoms with E-state index in [-0.39, 0.29) is 24.9 Å². The summed E-state index contributed by atoms with van der Waals surface area (Å²) in [6, 6.07) is 0. The molecule has 2 heterocycles. The molecule has 0 unspecified atom stereocenters. The summed E-state index contributed by atoms with van der Waals surface area (Å²) in [5.41, 5.74) is 7.42. The lowest BCUT2D eigenvalue weighted by molar-refractivity contribution is 0.0861. The smallest absolute Gasteiger partial charge is 0.412 e. The average Bonchev–Trinajstić information content (AvgIpc) is 2.99. The van der Waals surface area contributed by atoms with Crippen LogP contribution in [0.5, 0.6) is 0 Å². The van der Waals surface area contributed by atoms with Crippen LogP contribution in [0.4, 0.5) is 16.3 Å². The maximum atomic E-state index is 12.2. The first-order valence-corrected chi connectivity index (χ1v) is 6.61. The maximum Gasteiger partial charge on any atom is 0.412 e. The number of anilines is 2. The van der Waals surface area contributed by atoms with Gasteiger partial charge in [-0.2, -0.15) is 15.0 Å². The quantitative estimate of drug-likeness (QED) is 0.844. The fourth-order valence-electron chi connectivity index (χ4n) is 1.79. The topological polar surface area (TPSA) is 130 Å². The first-order chi connectivity index (χ1) is 10.4. The van der Waals surface area contributed by atoms with Crippen LogP contribution in [0.25, 0.3) is 0 Å². The Morgan fingerprint density at radius 2 is 2.09 bits per heavy atom. The summed E-state index contributed by atoms with van der Waals surface area (Å²) in [4.78, 5) is 24.6. The van der Waals surface area contributed by atoms with Crippen molar-refractivity contribution in [1.29, 1.82) is 0 Å². The molecule has 3 N–H and O–H groups in total. The number of aromatic nitrogens is 5. The van der Waals surface area contributed by atoms with Crippen molar-refractivity contribution >= 4 is 23.5 Å². The first-order valence-electron chi connectivity index (χ1n) is 6.61. The second-order valence-corrected chi connectivity index (χ2v) is 4.50. The summed E-state index contributed by atoms with van der Waals surface area (Å²) < 4.78 is 5.93. The number of rotatable bonds is 4. The van der Waals surface area contributed by atoms with Crippen LogP contribution in [-0.2, 0) is 11.3 Å². The van der Waals surface area contributed by atoms with Gasteiger partial charge in [-0.25, -0.2) is 9.48 Å². The van der Waals surface area contributed by atoms with E-state index in [0.717, 1.165) is 4.80 Å². The molecule has 0 fully saturated rings. The van der Waals surface area contributed by atoms with E-state index in [9.17, 15) is 9.59 Å². The van der Waals surface area contributed by atoms with Crippen molar-refractivity contribution in [2.75, 3.05) is 17.7 Å². The average molecular weight is 307 g/mol. The lowest BCUT2D eigenvalue weighted by Crippen LogP contribution is -2.22. The third-order valence-corrected chi connectivity index (χ3v) is 2.90. The van der Waals surface area contributed by atoms with Gasteiger partial charge in [0.15, 0.2) is 5.82 Å². The highest BCUT2D eigenvalue weighted by atomic mass is 16.5. The molecule has 0 spiro atoms. The van der Waals surface area contributed by atoms with Crippen molar-refractivity contribution in [3.63, 3.8) is 0 Å². The Hall–Kier alpha value is -2.91. The van der Waals surface area contributed by atoms with E-state index in [2.05, 4.69) is 20.6 Å². The number of nitrogens with zero attached hydrogens (tertiary/aromatic N) is 5. The molecule has 0 aliphatic heterocycles. The van der Waals surface area contributed by atoms with Gasteiger partial charge in [0, 0.05) is 0 Å². The van der Waals surface area contributed by atoms with Crippen molar-refractivity contribution < 1.29 is 14.3 Å². The number of nitrogen functional groups attached to an aromatic ring is 1. The number of hydrogen-bond donors (Lipinski definition) is 2. The van der Waals surface area contributed by atoms with E-state index in [1.807, 2.05) is 0 Å². The third-order valence-electron chi connectivity index (χ3n) is 2.90. The zero-order valence-corrected chi connectivity index (χ0v) is 12.5. The van der Waals surface area contributed by atoms with Crippen molar-refractivity contribution in [3.8, 4) is 0 Å². The van der Waals surface area contributed by atoms with Crippen LogP contribution in [0.15, 0.2) is 6.20 Å². The van der Waals surface area contributed by atoms with Gasteiger partial charge in [-0.3, -0.25) is 10.1 Å². The van der Waals surface area contributed by atoms with E-state index in [0.29, 0.717) is 17.1 Å². The Balaban J connectivity index is 2.05. The van der Waals surface area contributed by atoms with Crippen LogP contribution >= 0.6 is 0 Å². The number of ether oxygens (including phenoxy) is 1. The fourth-order valence-corrected chi connectivity index (χ4v) is 1.79. The Bertz CT molecular complexity index is 704. The van der Waals surface area contributed by atoms with E-state index in [4.69, 9.17) is 10.5 Å². The van der Waals surface area contributed by atoms with Gasteiger partial charge in [-0.1, -0.05) is 0 Å². The zero-order valence-electron chi connectivity index (χ0n) is 12.5. The number of hydrogen-bond acceptors (Lipinski definition) is 7. The molecule has 118 valence electrons. The minimum absolute atomic E-state index is 0.133. The molecule has 0 bridgehead atoms. The predicted molar refractivity (Wildman–Crippen MR) is 77.4 cm³/mol. The summed E-state index contributed by atoms with van der Waals surface area (Å²) in [5.74, 6) is -0.144. The van der Waals surface area contributed by atoms with Crippen LogP contribution in [0, 0.1) is 13.8 Å². The SMILES string of the molecule is CCOC(=O)Nc1cnn(CC(=O)n2nc(C)c(N)c2C)n1. The molecule has 0 aliphatic carbocycles. The molecule has 0 atom stereocenters. The van der Waals surface area contributed by atoms with Crippen LogP contribution in [-0.4, -0.2) is 43.4 Å². The molecule has 10 nitrogen and oxygen atoms in total. The van der Waals surface area contributed by atoms with Gasteiger partial charge in [0.25, 0.3) is 5.91 Å². The minimum atomic E-state index is -0.632. The molecule has 2 rings (SSSR count). The number of carbonyl (C=O) groups is 2. The minimum Gasteiger partial charge on any atom is -0.450 e. The molecule has 0 aromatic carbocycles. The second kappa shape index (κ2) is 6.24.